The predicted molar refractivity (Wildman–Crippen MR) is 124 cm³/mol. The zero-order chi connectivity index (χ0) is 21.9. The number of nitrogens with one attached hydrogen (secondary N) is 1. The Morgan fingerprint density at radius 3 is 2.53 bits per heavy atom. The topological polar surface area (TPSA) is 91.3 Å². The van der Waals surface area contributed by atoms with Crippen molar-refractivity contribution in [2.45, 2.75) is 44.6 Å². The normalized spacial score (nSPS) is 22.3. The van der Waals surface area contributed by atoms with Crippen LogP contribution in [0.4, 0.5) is 5.82 Å². The lowest BCUT2D eigenvalue weighted by atomic mass is 9.82. The minimum Gasteiger partial charge on any atom is -0.481 e. The summed E-state index contributed by atoms with van der Waals surface area (Å²) in [5.41, 5.74) is 2.98. The Morgan fingerprint density at radius 1 is 1.06 bits per heavy atom. The molecule has 1 saturated heterocycles. The van der Waals surface area contributed by atoms with E-state index in [1.165, 1.54) is 0 Å². The van der Waals surface area contributed by atoms with Crippen molar-refractivity contribution in [2.24, 2.45) is 11.8 Å². The summed E-state index contributed by atoms with van der Waals surface area (Å²) in [6.45, 7) is 2.64. The Morgan fingerprint density at radius 2 is 1.84 bits per heavy atom. The van der Waals surface area contributed by atoms with Crippen LogP contribution in [0, 0.1) is 11.8 Å². The molecule has 1 saturated carbocycles. The maximum Gasteiger partial charge on any atom is 0.306 e. The molecule has 1 aliphatic heterocycles. The highest BCUT2D eigenvalue weighted by Crippen LogP contribution is 2.30. The van der Waals surface area contributed by atoms with Crippen LogP contribution in [-0.2, 0) is 9.53 Å². The van der Waals surface area contributed by atoms with Gasteiger partial charge >= 0.3 is 5.97 Å². The highest BCUT2D eigenvalue weighted by atomic mass is 16.5. The van der Waals surface area contributed by atoms with Gasteiger partial charge in [0.15, 0.2) is 0 Å². The first-order chi connectivity index (χ1) is 15.7. The minimum atomic E-state index is -0.643. The molecular weight excluding hydrogens is 404 g/mol. The highest BCUT2D eigenvalue weighted by molar-refractivity contribution is 5.79. The summed E-state index contributed by atoms with van der Waals surface area (Å²) in [4.78, 5) is 26.1. The molecule has 5 rings (SSSR count). The molecule has 0 unspecified atom stereocenters. The van der Waals surface area contributed by atoms with E-state index >= 15 is 0 Å². The molecule has 3 heterocycles. The van der Waals surface area contributed by atoms with Crippen molar-refractivity contribution in [1.29, 1.82) is 0 Å². The molecule has 0 radical (unpaired) electrons. The monoisotopic (exact) mass is 434 g/mol. The van der Waals surface area contributed by atoms with E-state index in [-0.39, 0.29) is 5.92 Å². The number of para-hydroxylation sites is 2. The second-order valence-electron chi connectivity index (χ2n) is 9.08. The van der Waals surface area contributed by atoms with E-state index in [0.717, 1.165) is 86.5 Å². The Bertz CT molecular complexity index is 1020. The predicted octanol–water partition coefficient (Wildman–Crippen LogP) is 4.50. The first kappa shape index (κ1) is 20.9. The Balaban J connectivity index is 1.10. The van der Waals surface area contributed by atoms with Crippen molar-refractivity contribution in [3.8, 4) is 11.4 Å². The molecule has 2 fully saturated rings. The third-order valence-electron chi connectivity index (χ3n) is 6.94. The van der Waals surface area contributed by atoms with Crippen LogP contribution in [0.1, 0.15) is 38.5 Å². The van der Waals surface area contributed by atoms with E-state index in [4.69, 9.17) is 14.8 Å². The quantitative estimate of drug-likeness (QED) is 0.594. The van der Waals surface area contributed by atoms with Crippen LogP contribution in [0.5, 0.6) is 0 Å². The molecule has 1 aromatic carbocycles. The highest BCUT2D eigenvalue weighted by Gasteiger charge is 2.27. The number of aromatic amines is 1. The third kappa shape index (κ3) is 4.63. The Hall–Kier alpha value is -2.93. The van der Waals surface area contributed by atoms with Gasteiger partial charge in [0.1, 0.15) is 11.6 Å². The lowest BCUT2D eigenvalue weighted by Gasteiger charge is -2.34. The number of hydrogen-bond acceptors (Lipinski definition) is 5. The number of carboxylic acid groups (broad SMARTS) is 1. The van der Waals surface area contributed by atoms with Gasteiger partial charge in [-0.3, -0.25) is 4.79 Å². The molecule has 32 heavy (non-hydrogen) atoms. The minimum absolute atomic E-state index is 0.153. The number of hydrogen-bond donors (Lipinski definition) is 2. The third-order valence-corrected chi connectivity index (χ3v) is 6.94. The largest absolute Gasteiger partial charge is 0.481 e. The average Bonchev–Trinajstić information content (AvgIpc) is 3.28. The number of rotatable bonds is 6. The lowest BCUT2D eigenvalue weighted by Crippen LogP contribution is -2.38. The molecular formula is C25H30N4O3. The maximum atomic E-state index is 11.1. The van der Waals surface area contributed by atoms with E-state index in [1.54, 1.807) is 0 Å². The van der Waals surface area contributed by atoms with Crippen LogP contribution >= 0.6 is 0 Å². The summed E-state index contributed by atoms with van der Waals surface area (Å²) >= 11 is 0. The first-order valence-electron chi connectivity index (χ1n) is 11.7. The molecule has 168 valence electrons. The van der Waals surface area contributed by atoms with Crippen molar-refractivity contribution in [2.75, 3.05) is 24.6 Å². The fourth-order valence-corrected chi connectivity index (χ4v) is 4.90. The molecule has 2 aliphatic rings. The van der Waals surface area contributed by atoms with Crippen molar-refractivity contribution < 1.29 is 14.6 Å². The first-order valence-corrected chi connectivity index (χ1v) is 11.7. The van der Waals surface area contributed by atoms with Gasteiger partial charge in [0.05, 0.1) is 23.1 Å². The molecule has 1 aliphatic carbocycles. The number of nitrogens with zero attached hydrogens (tertiary/aromatic N) is 3. The van der Waals surface area contributed by atoms with Crippen LogP contribution < -0.4 is 4.90 Å². The number of aliphatic carboxylic acids is 1. The molecule has 3 aromatic rings. The number of anilines is 1. The molecule has 0 bridgehead atoms. The van der Waals surface area contributed by atoms with Crippen molar-refractivity contribution >= 4 is 22.8 Å². The van der Waals surface area contributed by atoms with E-state index in [0.29, 0.717) is 12.0 Å². The number of piperidine rings is 1. The van der Waals surface area contributed by atoms with Crippen LogP contribution in [0.3, 0.4) is 0 Å². The van der Waals surface area contributed by atoms with Gasteiger partial charge in [0.25, 0.3) is 0 Å². The van der Waals surface area contributed by atoms with Gasteiger partial charge in [-0.2, -0.15) is 0 Å². The van der Waals surface area contributed by atoms with Crippen molar-refractivity contribution in [3.05, 3.63) is 42.6 Å². The molecule has 0 spiro atoms. The van der Waals surface area contributed by atoms with E-state index in [1.807, 2.05) is 30.5 Å². The summed E-state index contributed by atoms with van der Waals surface area (Å²) in [5, 5.41) is 9.13. The van der Waals surface area contributed by atoms with Gasteiger partial charge in [0.2, 0.25) is 0 Å². The van der Waals surface area contributed by atoms with Gasteiger partial charge in [-0.15, -0.1) is 0 Å². The van der Waals surface area contributed by atoms with Gasteiger partial charge in [-0.1, -0.05) is 12.1 Å². The number of ether oxygens (including phenoxy) is 1. The number of imidazole rings is 1. The van der Waals surface area contributed by atoms with Crippen molar-refractivity contribution in [3.63, 3.8) is 0 Å². The molecule has 7 heteroatoms. The average molecular weight is 435 g/mol. The second-order valence-corrected chi connectivity index (χ2v) is 9.08. The van der Waals surface area contributed by atoms with E-state index < -0.39 is 5.97 Å². The smallest absolute Gasteiger partial charge is 0.306 e. The fraction of sp³-hybridized carbons (Fsp3) is 0.480. The molecule has 0 atom stereocenters. The van der Waals surface area contributed by atoms with Gasteiger partial charge < -0.3 is 19.7 Å². The Kier molecular flexibility index (Phi) is 6.08. The van der Waals surface area contributed by atoms with Crippen molar-refractivity contribution in [1.82, 2.24) is 15.0 Å². The second kappa shape index (κ2) is 9.28. The standard InChI is InChI=1S/C25H30N4O3/c30-25(31)18-7-5-17(6-8-18)16-32-20-11-13-29(14-12-20)23-10-9-19(15-26-23)24-27-21-3-1-2-4-22(21)28-24/h1-4,9-10,15,17-18,20H,5-8,11-14,16H2,(H,27,28)(H,30,31). The lowest BCUT2D eigenvalue weighted by molar-refractivity contribution is -0.143. The summed E-state index contributed by atoms with van der Waals surface area (Å²) in [7, 11) is 0. The number of carboxylic acids is 1. The van der Waals surface area contributed by atoms with Gasteiger partial charge in [-0.25, -0.2) is 9.97 Å². The van der Waals surface area contributed by atoms with Crippen LogP contribution in [-0.4, -0.2) is 51.8 Å². The summed E-state index contributed by atoms with van der Waals surface area (Å²) in [6.07, 6.45) is 7.69. The summed E-state index contributed by atoms with van der Waals surface area (Å²) < 4.78 is 6.20. The van der Waals surface area contributed by atoms with Crippen LogP contribution in [0.25, 0.3) is 22.4 Å². The SMILES string of the molecule is O=C(O)C1CCC(COC2CCN(c3ccc(-c4nc5ccccc5[nH]4)cn3)CC2)CC1. The number of benzene rings is 1. The van der Waals surface area contributed by atoms with Gasteiger partial charge in [-0.05, 0) is 68.7 Å². The molecule has 2 N–H and O–H groups in total. The number of fused-ring (bicyclic) bond motifs is 1. The number of carbonyl (C=O) groups is 1. The summed E-state index contributed by atoms with van der Waals surface area (Å²) in [6, 6.07) is 12.2. The number of aromatic nitrogens is 3. The fourth-order valence-electron chi connectivity index (χ4n) is 4.90. The Labute approximate surface area is 187 Å². The van der Waals surface area contributed by atoms with Gasteiger partial charge in [0, 0.05) is 31.5 Å². The summed E-state index contributed by atoms with van der Waals surface area (Å²) in [5.74, 6) is 1.55. The molecule has 7 nitrogen and oxygen atoms in total. The number of pyridine rings is 1. The zero-order valence-corrected chi connectivity index (χ0v) is 18.2. The zero-order valence-electron chi connectivity index (χ0n) is 18.2. The van der Waals surface area contributed by atoms with E-state index in [9.17, 15) is 4.79 Å². The molecule has 2 aromatic heterocycles. The van der Waals surface area contributed by atoms with Crippen LogP contribution in [0.2, 0.25) is 0 Å². The molecule has 0 amide bonds. The number of H-pyrrole nitrogens is 1. The van der Waals surface area contributed by atoms with Crippen LogP contribution in [0.15, 0.2) is 42.6 Å². The maximum absolute atomic E-state index is 11.1. The van der Waals surface area contributed by atoms with E-state index in [2.05, 4.69) is 27.0 Å².